The number of hydrogen-bond donors (Lipinski definition) is 2. The second-order valence-electron chi connectivity index (χ2n) is 4.62. The molecule has 5 nitrogen and oxygen atoms in total. The maximum atomic E-state index is 12.1. The van der Waals surface area contributed by atoms with E-state index in [1.807, 2.05) is 12.1 Å². The number of nitrogens with one attached hydrogen (secondary N) is 2. The molecule has 0 saturated heterocycles. The minimum absolute atomic E-state index is 0.307. The fourth-order valence-corrected chi connectivity index (χ4v) is 2.98. The molecule has 1 aromatic carbocycles. The van der Waals surface area contributed by atoms with Gasteiger partial charge in [0.25, 0.3) is 0 Å². The Morgan fingerprint density at radius 1 is 1.20 bits per heavy atom. The van der Waals surface area contributed by atoms with Gasteiger partial charge in [0.2, 0.25) is 10.0 Å². The summed E-state index contributed by atoms with van der Waals surface area (Å²) in [7, 11) is -3.43. The predicted octanol–water partition coefficient (Wildman–Crippen LogP) is 1.88. The van der Waals surface area contributed by atoms with E-state index in [1.165, 1.54) is 0 Å². The Labute approximate surface area is 119 Å². The quantitative estimate of drug-likeness (QED) is 0.818. The van der Waals surface area contributed by atoms with Crippen LogP contribution >= 0.6 is 0 Å². The number of aromatic amines is 1. The van der Waals surface area contributed by atoms with E-state index in [0.717, 1.165) is 24.1 Å². The molecule has 0 atom stereocenters. The molecule has 1 aromatic heterocycles. The average molecular weight is 293 g/mol. The highest BCUT2D eigenvalue weighted by Gasteiger charge is 2.13. The lowest BCUT2D eigenvalue weighted by molar-refractivity contribution is 0.581. The van der Waals surface area contributed by atoms with Crippen molar-refractivity contribution in [3.05, 3.63) is 48.0 Å². The molecule has 0 radical (unpaired) electrons. The summed E-state index contributed by atoms with van der Waals surface area (Å²) in [6.07, 6.45) is 5.87. The van der Waals surface area contributed by atoms with Crippen molar-refractivity contribution in [3.63, 3.8) is 0 Å². The van der Waals surface area contributed by atoms with Gasteiger partial charge in [0.05, 0.1) is 11.2 Å². The first-order valence-corrected chi connectivity index (χ1v) is 8.16. The van der Waals surface area contributed by atoms with E-state index in [1.54, 1.807) is 24.7 Å². The van der Waals surface area contributed by atoms with E-state index in [2.05, 4.69) is 21.6 Å². The first kappa shape index (κ1) is 14.7. The summed E-state index contributed by atoms with van der Waals surface area (Å²) in [6.45, 7) is 2.45. The van der Waals surface area contributed by atoms with Gasteiger partial charge in [0, 0.05) is 24.9 Å². The van der Waals surface area contributed by atoms with E-state index in [9.17, 15) is 8.42 Å². The van der Waals surface area contributed by atoms with Crippen molar-refractivity contribution in [2.75, 3.05) is 6.54 Å². The van der Waals surface area contributed by atoms with Crippen molar-refractivity contribution in [3.8, 4) is 0 Å². The molecule has 0 unspecified atom stereocenters. The second kappa shape index (κ2) is 6.67. The average Bonchev–Trinajstić information content (AvgIpc) is 2.93. The van der Waals surface area contributed by atoms with Crippen LogP contribution in [0.3, 0.4) is 0 Å². The Morgan fingerprint density at radius 2 is 1.95 bits per heavy atom. The molecule has 2 rings (SSSR count). The molecule has 6 heteroatoms. The van der Waals surface area contributed by atoms with E-state index in [0.29, 0.717) is 17.9 Å². The number of hydrogen-bond acceptors (Lipinski definition) is 3. The lowest BCUT2D eigenvalue weighted by atomic mass is 10.1. The first-order valence-electron chi connectivity index (χ1n) is 6.67. The Balaban J connectivity index is 1.95. The highest BCUT2D eigenvalue weighted by Crippen LogP contribution is 2.11. The van der Waals surface area contributed by atoms with Crippen molar-refractivity contribution in [1.82, 2.24) is 14.7 Å². The van der Waals surface area contributed by atoms with Gasteiger partial charge in [-0.15, -0.1) is 0 Å². The van der Waals surface area contributed by atoms with E-state index < -0.39 is 10.0 Å². The largest absolute Gasteiger partial charge is 0.348 e. The molecule has 0 aliphatic heterocycles. The minimum atomic E-state index is -3.43. The summed E-state index contributed by atoms with van der Waals surface area (Å²) in [6, 6.07) is 7.05. The Hall–Kier alpha value is -1.66. The Kier molecular flexibility index (Phi) is 4.92. The lowest BCUT2D eigenvalue weighted by Gasteiger charge is -2.07. The fourth-order valence-electron chi connectivity index (χ4n) is 1.95. The molecule has 0 aliphatic rings. The molecule has 0 bridgehead atoms. The summed E-state index contributed by atoms with van der Waals surface area (Å²) >= 11 is 0. The number of benzene rings is 1. The van der Waals surface area contributed by atoms with E-state index >= 15 is 0 Å². The summed E-state index contributed by atoms with van der Waals surface area (Å²) in [5.74, 6) is 0. The number of sulfonamides is 1. The molecule has 0 fully saturated rings. The highest BCUT2D eigenvalue weighted by molar-refractivity contribution is 7.89. The molecule has 1 heterocycles. The Morgan fingerprint density at radius 3 is 2.55 bits per heavy atom. The number of aryl methyl sites for hydroxylation is 1. The zero-order valence-corrected chi connectivity index (χ0v) is 12.3. The van der Waals surface area contributed by atoms with Gasteiger partial charge < -0.3 is 4.98 Å². The number of aromatic nitrogens is 2. The molecule has 20 heavy (non-hydrogen) atoms. The molecule has 0 spiro atoms. The molecule has 2 N–H and O–H groups in total. The highest BCUT2D eigenvalue weighted by atomic mass is 32.2. The molecule has 0 amide bonds. The van der Waals surface area contributed by atoms with Crippen LogP contribution in [0, 0.1) is 0 Å². The summed E-state index contributed by atoms with van der Waals surface area (Å²) in [5, 5.41) is 0. The zero-order chi connectivity index (χ0) is 14.4. The van der Waals surface area contributed by atoms with Gasteiger partial charge >= 0.3 is 0 Å². The molecular weight excluding hydrogens is 274 g/mol. The fraction of sp³-hybridized carbons (Fsp3) is 0.357. The number of imidazole rings is 1. The standard InChI is InChI=1S/C14H19N3O2S/c1-2-3-12-4-6-14(7-5-12)20(18,19)17-9-8-13-10-15-11-16-13/h4-7,10-11,17H,2-3,8-9H2,1H3,(H,15,16). The van der Waals surface area contributed by atoms with Crippen LogP contribution in [0.5, 0.6) is 0 Å². The SMILES string of the molecule is CCCc1ccc(S(=O)(=O)NCCc2cnc[nH]2)cc1. The third kappa shape index (κ3) is 3.91. The van der Waals surface area contributed by atoms with Crippen LogP contribution in [-0.4, -0.2) is 24.9 Å². The molecule has 2 aromatic rings. The topological polar surface area (TPSA) is 74.8 Å². The van der Waals surface area contributed by atoms with Gasteiger partial charge in [0.15, 0.2) is 0 Å². The van der Waals surface area contributed by atoms with Crippen molar-refractivity contribution >= 4 is 10.0 Å². The predicted molar refractivity (Wildman–Crippen MR) is 77.9 cm³/mol. The number of nitrogens with zero attached hydrogens (tertiary/aromatic N) is 1. The second-order valence-corrected chi connectivity index (χ2v) is 6.39. The van der Waals surface area contributed by atoms with Crippen molar-refractivity contribution < 1.29 is 8.42 Å². The lowest BCUT2D eigenvalue weighted by Crippen LogP contribution is -2.26. The van der Waals surface area contributed by atoms with Crippen LogP contribution < -0.4 is 4.72 Å². The summed E-state index contributed by atoms with van der Waals surface area (Å²) in [4.78, 5) is 7.14. The maximum absolute atomic E-state index is 12.1. The van der Waals surface area contributed by atoms with Gasteiger partial charge in [-0.05, 0) is 24.1 Å². The monoisotopic (exact) mass is 293 g/mol. The Bertz CT molecular complexity index is 619. The molecular formula is C14H19N3O2S. The van der Waals surface area contributed by atoms with Gasteiger partial charge in [-0.2, -0.15) is 0 Å². The van der Waals surface area contributed by atoms with Crippen molar-refractivity contribution in [1.29, 1.82) is 0 Å². The normalized spacial score (nSPS) is 11.7. The van der Waals surface area contributed by atoms with Crippen LogP contribution in [0.1, 0.15) is 24.6 Å². The number of rotatable bonds is 7. The van der Waals surface area contributed by atoms with Crippen molar-refractivity contribution in [2.24, 2.45) is 0 Å². The zero-order valence-electron chi connectivity index (χ0n) is 11.5. The van der Waals surface area contributed by atoms with Gasteiger partial charge in [-0.25, -0.2) is 18.1 Å². The van der Waals surface area contributed by atoms with Crippen molar-refractivity contribution in [2.45, 2.75) is 31.1 Å². The molecule has 0 saturated carbocycles. The van der Waals surface area contributed by atoms with Crippen LogP contribution in [0.15, 0.2) is 41.7 Å². The minimum Gasteiger partial charge on any atom is -0.348 e. The van der Waals surface area contributed by atoms with Crippen LogP contribution in [0.2, 0.25) is 0 Å². The van der Waals surface area contributed by atoms with Crippen LogP contribution in [-0.2, 0) is 22.9 Å². The number of H-pyrrole nitrogens is 1. The van der Waals surface area contributed by atoms with Crippen LogP contribution in [0.25, 0.3) is 0 Å². The maximum Gasteiger partial charge on any atom is 0.240 e. The first-order chi connectivity index (χ1) is 9.62. The third-order valence-corrected chi connectivity index (χ3v) is 4.49. The summed E-state index contributed by atoms with van der Waals surface area (Å²) in [5.41, 5.74) is 2.06. The van der Waals surface area contributed by atoms with Gasteiger partial charge in [-0.1, -0.05) is 25.5 Å². The van der Waals surface area contributed by atoms with Gasteiger partial charge in [0.1, 0.15) is 0 Å². The summed E-state index contributed by atoms with van der Waals surface area (Å²) < 4.78 is 26.8. The van der Waals surface area contributed by atoms with E-state index in [4.69, 9.17) is 0 Å². The van der Waals surface area contributed by atoms with E-state index in [-0.39, 0.29) is 0 Å². The van der Waals surface area contributed by atoms with Gasteiger partial charge in [-0.3, -0.25) is 0 Å². The molecule has 108 valence electrons. The third-order valence-electron chi connectivity index (χ3n) is 3.01. The smallest absolute Gasteiger partial charge is 0.240 e. The van der Waals surface area contributed by atoms with Crippen LogP contribution in [0.4, 0.5) is 0 Å². The molecule has 0 aliphatic carbocycles.